The van der Waals surface area contributed by atoms with Crippen LogP contribution in [0.5, 0.6) is 0 Å². The predicted octanol–water partition coefficient (Wildman–Crippen LogP) is 6.89. The van der Waals surface area contributed by atoms with E-state index >= 15 is 0 Å². The fourth-order valence-corrected chi connectivity index (χ4v) is 6.58. The van der Waals surface area contributed by atoms with Gasteiger partial charge in [0.2, 0.25) is 0 Å². The molecule has 0 amide bonds. The molecule has 0 saturated heterocycles. The van der Waals surface area contributed by atoms with E-state index < -0.39 is 15.2 Å². The van der Waals surface area contributed by atoms with Crippen molar-refractivity contribution in [3.63, 3.8) is 0 Å². The fourth-order valence-electron chi connectivity index (χ4n) is 3.23. The Morgan fingerprint density at radius 2 is 1.00 bits per heavy atom. The summed E-state index contributed by atoms with van der Waals surface area (Å²) in [6.45, 7) is 8.35. The SMILES string of the molecule is CCOP(=O)(Cc1cc(CP(=O)(OCC)OCC)cc(-c2ccccc2)c1)OCC. The average Bonchev–Trinajstić information content (AvgIpc) is 2.69. The van der Waals surface area contributed by atoms with Crippen molar-refractivity contribution in [1.82, 2.24) is 0 Å². The van der Waals surface area contributed by atoms with Crippen LogP contribution in [0.2, 0.25) is 0 Å². The Labute approximate surface area is 180 Å². The molecular formula is C22H32O6P2. The molecule has 0 spiro atoms. The van der Waals surface area contributed by atoms with Crippen LogP contribution in [0, 0.1) is 0 Å². The van der Waals surface area contributed by atoms with Crippen LogP contribution >= 0.6 is 15.2 Å². The van der Waals surface area contributed by atoms with Gasteiger partial charge < -0.3 is 18.1 Å². The van der Waals surface area contributed by atoms with Gasteiger partial charge in [0, 0.05) is 0 Å². The van der Waals surface area contributed by atoms with Gasteiger partial charge in [0.1, 0.15) is 0 Å². The molecule has 0 bridgehead atoms. The van der Waals surface area contributed by atoms with Gasteiger partial charge >= 0.3 is 15.2 Å². The minimum atomic E-state index is -3.28. The minimum absolute atomic E-state index is 0.135. The molecule has 0 radical (unpaired) electrons. The van der Waals surface area contributed by atoms with Gasteiger partial charge in [-0.05, 0) is 49.9 Å². The third-order valence-electron chi connectivity index (χ3n) is 4.22. The highest BCUT2D eigenvalue weighted by Gasteiger charge is 2.27. The maximum Gasteiger partial charge on any atom is 0.335 e. The first-order valence-electron chi connectivity index (χ1n) is 10.3. The van der Waals surface area contributed by atoms with Crippen LogP contribution in [-0.2, 0) is 39.5 Å². The zero-order chi connectivity index (χ0) is 22.0. The van der Waals surface area contributed by atoms with E-state index in [9.17, 15) is 9.13 Å². The molecule has 0 aromatic heterocycles. The standard InChI is InChI=1S/C22H32O6P2/c1-5-25-29(23,26-6-2)17-19-14-20(18-30(24,27-7-3)28-8-4)16-22(15-19)21-12-10-9-11-13-21/h9-16H,5-8,17-18H2,1-4H3. The Morgan fingerprint density at radius 1 is 0.600 bits per heavy atom. The van der Waals surface area contributed by atoms with E-state index in [0.29, 0.717) is 26.4 Å². The third-order valence-corrected chi connectivity index (χ3v) is 8.33. The molecule has 8 heteroatoms. The van der Waals surface area contributed by atoms with E-state index in [1.807, 2.05) is 48.5 Å². The van der Waals surface area contributed by atoms with Crippen LogP contribution < -0.4 is 0 Å². The molecule has 2 aromatic rings. The van der Waals surface area contributed by atoms with Crippen LogP contribution in [0.4, 0.5) is 0 Å². The number of rotatable bonds is 13. The highest BCUT2D eigenvalue weighted by Crippen LogP contribution is 2.53. The second kappa shape index (κ2) is 12.0. The van der Waals surface area contributed by atoms with Crippen molar-refractivity contribution in [2.45, 2.75) is 40.0 Å². The molecule has 0 fully saturated rings. The van der Waals surface area contributed by atoms with Gasteiger partial charge in [-0.25, -0.2) is 0 Å². The molecule has 0 aliphatic rings. The summed E-state index contributed by atoms with van der Waals surface area (Å²) < 4.78 is 48.0. The van der Waals surface area contributed by atoms with E-state index in [-0.39, 0.29) is 12.3 Å². The molecule has 0 saturated carbocycles. The first-order chi connectivity index (χ1) is 14.4. The molecule has 0 atom stereocenters. The number of benzene rings is 2. The zero-order valence-electron chi connectivity index (χ0n) is 18.2. The maximum absolute atomic E-state index is 13.1. The number of hydrogen-bond donors (Lipinski definition) is 0. The maximum atomic E-state index is 13.1. The highest BCUT2D eigenvalue weighted by molar-refractivity contribution is 7.53. The summed E-state index contributed by atoms with van der Waals surface area (Å²) in [6, 6.07) is 15.7. The van der Waals surface area contributed by atoms with Gasteiger partial charge in [0.05, 0.1) is 38.8 Å². The second-order valence-corrected chi connectivity index (χ2v) is 10.7. The van der Waals surface area contributed by atoms with Gasteiger partial charge in [-0.1, -0.05) is 48.5 Å². The van der Waals surface area contributed by atoms with Crippen LogP contribution in [0.25, 0.3) is 11.1 Å². The quantitative estimate of drug-likeness (QED) is 0.307. The molecule has 0 aliphatic carbocycles. The van der Waals surface area contributed by atoms with E-state index in [2.05, 4.69) is 0 Å². The summed E-state index contributed by atoms with van der Waals surface area (Å²) in [6.07, 6.45) is 0.270. The molecule has 2 rings (SSSR count). The largest absolute Gasteiger partial charge is 0.335 e. The summed E-state index contributed by atoms with van der Waals surface area (Å²) in [7, 11) is -6.56. The lowest BCUT2D eigenvalue weighted by molar-refractivity contribution is 0.218. The van der Waals surface area contributed by atoms with Crippen molar-refractivity contribution < 1.29 is 27.2 Å². The minimum Gasteiger partial charge on any atom is -0.309 e. The summed E-state index contributed by atoms with van der Waals surface area (Å²) in [4.78, 5) is 0. The Bertz CT molecular complexity index is 814. The molecule has 30 heavy (non-hydrogen) atoms. The van der Waals surface area contributed by atoms with E-state index in [4.69, 9.17) is 18.1 Å². The van der Waals surface area contributed by atoms with Crippen molar-refractivity contribution in [2.24, 2.45) is 0 Å². The summed E-state index contributed by atoms with van der Waals surface area (Å²) in [5, 5.41) is 0. The van der Waals surface area contributed by atoms with Crippen LogP contribution in [0.3, 0.4) is 0 Å². The lowest BCUT2D eigenvalue weighted by Crippen LogP contribution is -2.02. The predicted molar refractivity (Wildman–Crippen MR) is 121 cm³/mol. The molecule has 0 unspecified atom stereocenters. The molecular weight excluding hydrogens is 422 g/mol. The van der Waals surface area contributed by atoms with Crippen molar-refractivity contribution in [3.05, 3.63) is 59.7 Å². The van der Waals surface area contributed by atoms with Crippen LogP contribution in [0.15, 0.2) is 48.5 Å². The van der Waals surface area contributed by atoms with Gasteiger partial charge in [0.15, 0.2) is 0 Å². The van der Waals surface area contributed by atoms with Gasteiger partial charge in [-0.3, -0.25) is 9.13 Å². The Morgan fingerprint density at radius 3 is 1.37 bits per heavy atom. The fraction of sp³-hybridized carbons (Fsp3) is 0.455. The number of hydrogen-bond acceptors (Lipinski definition) is 6. The van der Waals surface area contributed by atoms with Gasteiger partial charge in [-0.2, -0.15) is 0 Å². The van der Waals surface area contributed by atoms with Crippen LogP contribution in [0.1, 0.15) is 38.8 Å². The summed E-state index contributed by atoms with van der Waals surface area (Å²) in [5.41, 5.74) is 3.51. The van der Waals surface area contributed by atoms with Crippen molar-refractivity contribution in [1.29, 1.82) is 0 Å². The average molecular weight is 454 g/mol. The lowest BCUT2D eigenvalue weighted by atomic mass is 10.0. The van der Waals surface area contributed by atoms with Crippen molar-refractivity contribution in [3.8, 4) is 11.1 Å². The van der Waals surface area contributed by atoms with E-state index in [1.54, 1.807) is 27.7 Å². The van der Waals surface area contributed by atoms with E-state index in [0.717, 1.165) is 22.3 Å². The van der Waals surface area contributed by atoms with Crippen molar-refractivity contribution >= 4 is 15.2 Å². The first kappa shape index (κ1) is 25.0. The van der Waals surface area contributed by atoms with E-state index in [1.165, 1.54) is 0 Å². The van der Waals surface area contributed by atoms with Crippen LogP contribution in [-0.4, -0.2) is 26.4 Å². The third kappa shape index (κ3) is 7.46. The monoisotopic (exact) mass is 454 g/mol. The molecule has 0 aliphatic heterocycles. The molecule has 0 N–H and O–H groups in total. The highest BCUT2D eigenvalue weighted by atomic mass is 31.2. The Kier molecular flexibility index (Phi) is 9.96. The second-order valence-electron chi connectivity index (χ2n) is 6.61. The normalized spacial score (nSPS) is 12.3. The van der Waals surface area contributed by atoms with Gasteiger partial charge in [0.25, 0.3) is 0 Å². The topological polar surface area (TPSA) is 71.1 Å². The molecule has 6 nitrogen and oxygen atoms in total. The Hall–Kier alpha value is -1.26. The first-order valence-corrected chi connectivity index (χ1v) is 13.8. The smallest absolute Gasteiger partial charge is 0.309 e. The van der Waals surface area contributed by atoms with Crippen molar-refractivity contribution in [2.75, 3.05) is 26.4 Å². The molecule has 2 aromatic carbocycles. The zero-order valence-corrected chi connectivity index (χ0v) is 20.0. The Balaban J connectivity index is 2.47. The summed E-state index contributed by atoms with van der Waals surface area (Å²) >= 11 is 0. The molecule has 0 heterocycles. The molecule has 166 valence electrons. The summed E-state index contributed by atoms with van der Waals surface area (Å²) in [5.74, 6) is 0. The van der Waals surface area contributed by atoms with Gasteiger partial charge in [-0.15, -0.1) is 0 Å². The lowest BCUT2D eigenvalue weighted by Gasteiger charge is -2.20.